The van der Waals surface area contributed by atoms with Crippen LogP contribution in [0.4, 0.5) is 0 Å². The molecular weight excluding hydrogens is 218 g/mol. The fourth-order valence-electron chi connectivity index (χ4n) is 1.56. The van der Waals surface area contributed by atoms with Crippen molar-refractivity contribution in [1.29, 1.82) is 0 Å². The molecule has 0 spiro atoms. The Labute approximate surface area is 89.5 Å². The van der Waals surface area contributed by atoms with Gasteiger partial charge in [0.25, 0.3) is 0 Å². The van der Waals surface area contributed by atoms with E-state index in [1.807, 2.05) is 0 Å². The maximum atomic E-state index is 11.7. The summed E-state index contributed by atoms with van der Waals surface area (Å²) in [6, 6.07) is 0. The third-order valence-electron chi connectivity index (χ3n) is 2.35. The Kier molecular flexibility index (Phi) is 2.91. The molecule has 0 saturated carbocycles. The Bertz CT molecular complexity index is 396. The van der Waals surface area contributed by atoms with Gasteiger partial charge < -0.3 is 0 Å². The topological polar surface area (TPSA) is 71.5 Å². The molecule has 0 aromatic heterocycles. The number of amides is 1. The van der Waals surface area contributed by atoms with Gasteiger partial charge >= 0.3 is 0 Å². The van der Waals surface area contributed by atoms with Crippen LogP contribution in [0.2, 0.25) is 0 Å². The van der Waals surface area contributed by atoms with Crippen LogP contribution in [0.15, 0.2) is 0 Å². The van der Waals surface area contributed by atoms with E-state index in [1.165, 1.54) is 6.92 Å². The lowest BCUT2D eigenvalue weighted by Gasteiger charge is -2.16. The molecular formula is C9H15NO4S. The lowest BCUT2D eigenvalue weighted by molar-refractivity contribution is -0.132. The molecule has 1 saturated heterocycles. The van der Waals surface area contributed by atoms with E-state index in [2.05, 4.69) is 0 Å². The minimum Gasteiger partial charge on any atom is -0.300 e. The van der Waals surface area contributed by atoms with Crippen LogP contribution in [0, 0.1) is 5.41 Å². The third-order valence-corrected chi connectivity index (χ3v) is 4.46. The molecule has 0 atom stereocenters. The predicted molar refractivity (Wildman–Crippen MR) is 54.6 cm³/mol. The molecule has 0 aromatic rings. The number of Topliss-reactive ketones (excluding diaryl/α,β-unsaturated/α-hetero) is 1. The van der Waals surface area contributed by atoms with E-state index in [-0.39, 0.29) is 24.5 Å². The zero-order valence-electron chi connectivity index (χ0n) is 9.11. The van der Waals surface area contributed by atoms with E-state index in [4.69, 9.17) is 0 Å². The van der Waals surface area contributed by atoms with Crippen molar-refractivity contribution in [2.45, 2.75) is 27.2 Å². The van der Waals surface area contributed by atoms with Crippen molar-refractivity contribution in [3.05, 3.63) is 0 Å². The lowest BCUT2D eigenvalue weighted by Crippen LogP contribution is -2.34. The molecule has 1 aliphatic rings. The molecule has 1 fully saturated rings. The smallest absolute Gasteiger partial charge is 0.242 e. The molecule has 0 radical (unpaired) electrons. The summed E-state index contributed by atoms with van der Waals surface area (Å²) in [5, 5.41) is 0. The highest BCUT2D eigenvalue weighted by atomic mass is 32.2. The number of nitrogens with zero attached hydrogens (tertiary/aromatic N) is 1. The first-order valence-corrected chi connectivity index (χ1v) is 6.32. The molecule has 1 amide bonds. The maximum Gasteiger partial charge on any atom is 0.242 e. The van der Waals surface area contributed by atoms with Gasteiger partial charge in [-0.05, 0) is 20.8 Å². The van der Waals surface area contributed by atoms with Crippen molar-refractivity contribution in [2.75, 3.05) is 12.3 Å². The predicted octanol–water partition coefficient (Wildman–Crippen LogP) is 0.164. The minimum absolute atomic E-state index is 0.0278. The second-order valence-corrected chi connectivity index (χ2v) is 6.36. The molecule has 15 heavy (non-hydrogen) atoms. The van der Waals surface area contributed by atoms with Gasteiger partial charge in [0.15, 0.2) is 0 Å². The average Bonchev–Trinajstić information content (AvgIpc) is 2.14. The van der Waals surface area contributed by atoms with Gasteiger partial charge in [-0.2, -0.15) is 0 Å². The Balaban J connectivity index is 2.89. The van der Waals surface area contributed by atoms with Crippen molar-refractivity contribution in [3.63, 3.8) is 0 Å². The molecule has 0 unspecified atom stereocenters. The fraction of sp³-hybridized carbons (Fsp3) is 0.778. The van der Waals surface area contributed by atoms with Crippen LogP contribution in [-0.2, 0) is 19.6 Å². The van der Waals surface area contributed by atoms with Gasteiger partial charge in [0.05, 0.1) is 11.2 Å². The maximum absolute atomic E-state index is 11.7. The first kappa shape index (κ1) is 12.2. The second-order valence-electron chi connectivity index (χ2n) is 4.47. The summed E-state index contributed by atoms with van der Waals surface area (Å²) in [7, 11) is -3.51. The summed E-state index contributed by atoms with van der Waals surface area (Å²) >= 11 is 0. The summed E-state index contributed by atoms with van der Waals surface area (Å²) in [4.78, 5) is 22.4. The molecule has 0 aliphatic carbocycles. The van der Waals surface area contributed by atoms with E-state index >= 15 is 0 Å². The molecule has 0 aromatic carbocycles. The highest BCUT2D eigenvalue weighted by Gasteiger charge is 2.48. The number of hydrogen-bond acceptors (Lipinski definition) is 4. The number of hydrogen-bond donors (Lipinski definition) is 0. The molecule has 1 aliphatic heterocycles. The summed E-state index contributed by atoms with van der Waals surface area (Å²) in [6.07, 6.45) is 0.0844. The second kappa shape index (κ2) is 3.59. The van der Waals surface area contributed by atoms with Gasteiger partial charge in [0, 0.05) is 13.0 Å². The van der Waals surface area contributed by atoms with Crippen molar-refractivity contribution in [2.24, 2.45) is 5.41 Å². The first-order chi connectivity index (χ1) is 6.67. The van der Waals surface area contributed by atoms with E-state index in [1.54, 1.807) is 13.8 Å². The van der Waals surface area contributed by atoms with E-state index in [9.17, 15) is 18.0 Å². The van der Waals surface area contributed by atoms with Crippen molar-refractivity contribution in [1.82, 2.24) is 4.31 Å². The van der Waals surface area contributed by atoms with Gasteiger partial charge in [-0.15, -0.1) is 0 Å². The van der Waals surface area contributed by atoms with Crippen LogP contribution >= 0.6 is 0 Å². The largest absolute Gasteiger partial charge is 0.300 e. The Morgan fingerprint density at radius 2 is 2.00 bits per heavy atom. The fourth-order valence-corrected chi connectivity index (χ4v) is 3.62. The molecule has 6 heteroatoms. The van der Waals surface area contributed by atoms with Crippen LogP contribution < -0.4 is 0 Å². The number of ketones is 1. The van der Waals surface area contributed by atoms with Gasteiger partial charge in [0.1, 0.15) is 5.78 Å². The lowest BCUT2D eigenvalue weighted by atomic mass is 9.95. The Hall–Kier alpha value is -0.910. The third kappa shape index (κ3) is 2.37. The Morgan fingerprint density at radius 3 is 2.33 bits per heavy atom. The minimum atomic E-state index is -3.51. The number of carbonyl (C=O) groups is 2. The van der Waals surface area contributed by atoms with Crippen LogP contribution in [0.25, 0.3) is 0 Å². The van der Waals surface area contributed by atoms with Gasteiger partial charge in [0.2, 0.25) is 15.9 Å². The van der Waals surface area contributed by atoms with Gasteiger partial charge in [-0.3, -0.25) is 9.59 Å². The molecule has 1 rings (SSSR count). The van der Waals surface area contributed by atoms with E-state index in [0.29, 0.717) is 0 Å². The molecule has 5 nitrogen and oxygen atoms in total. The van der Waals surface area contributed by atoms with Crippen molar-refractivity contribution >= 4 is 21.7 Å². The number of sulfonamides is 1. The quantitative estimate of drug-likeness (QED) is 0.696. The van der Waals surface area contributed by atoms with Crippen LogP contribution in [0.5, 0.6) is 0 Å². The highest BCUT2D eigenvalue weighted by molar-refractivity contribution is 7.90. The molecule has 86 valence electrons. The van der Waals surface area contributed by atoms with Gasteiger partial charge in [-0.25, -0.2) is 12.7 Å². The molecule has 0 bridgehead atoms. The first-order valence-electron chi connectivity index (χ1n) is 4.71. The highest BCUT2D eigenvalue weighted by Crippen LogP contribution is 2.31. The summed E-state index contributed by atoms with van der Waals surface area (Å²) in [6.45, 7) is 4.54. The number of rotatable bonds is 3. The van der Waals surface area contributed by atoms with Crippen LogP contribution in [0.1, 0.15) is 27.2 Å². The Morgan fingerprint density at radius 1 is 1.47 bits per heavy atom. The normalized spacial score (nSPS) is 23.1. The zero-order chi connectivity index (χ0) is 11.9. The van der Waals surface area contributed by atoms with Crippen LogP contribution in [-0.4, -0.2) is 36.7 Å². The monoisotopic (exact) mass is 233 g/mol. The SMILES string of the molecule is CC(=O)CCN1C(=O)C(C)(C)CS1(=O)=O. The van der Waals surface area contributed by atoms with Crippen LogP contribution in [0.3, 0.4) is 0 Å². The summed E-state index contributed by atoms with van der Waals surface area (Å²) in [5.41, 5.74) is -0.865. The zero-order valence-corrected chi connectivity index (χ0v) is 9.93. The van der Waals surface area contributed by atoms with Crippen molar-refractivity contribution in [3.8, 4) is 0 Å². The average molecular weight is 233 g/mol. The number of carbonyl (C=O) groups excluding carboxylic acids is 2. The van der Waals surface area contributed by atoms with E-state index in [0.717, 1.165) is 4.31 Å². The van der Waals surface area contributed by atoms with E-state index < -0.39 is 21.3 Å². The summed E-state index contributed by atoms with van der Waals surface area (Å²) < 4.78 is 24.0. The molecule has 1 heterocycles. The molecule has 0 N–H and O–H groups in total. The standard InChI is InChI=1S/C9H15NO4S/c1-7(11)4-5-10-8(12)9(2,3)6-15(10,13)14/h4-6H2,1-3H3. The summed E-state index contributed by atoms with van der Waals surface area (Å²) in [5.74, 6) is -0.706. The van der Waals surface area contributed by atoms with Crippen molar-refractivity contribution < 1.29 is 18.0 Å². The van der Waals surface area contributed by atoms with Gasteiger partial charge in [-0.1, -0.05) is 0 Å².